The average molecular weight is 1110 g/mol. The van der Waals surface area contributed by atoms with E-state index < -0.39 is 0 Å². The summed E-state index contributed by atoms with van der Waals surface area (Å²) < 4.78 is 17.4. The van der Waals surface area contributed by atoms with Crippen LogP contribution in [0.25, 0.3) is 93.6 Å². The van der Waals surface area contributed by atoms with Crippen molar-refractivity contribution < 1.29 is 8.83 Å². The summed E-state index contributed by atoms with van der Waals surface area (Å²) in [7, 11) is 0. The van der Waals surface area contributed by atoms with Crippen molar-refractivity contribution in [1.29, 1.82) is 0 Å². The van der Waals surface area contributed by atoms with Gasteiger partial charge in [-0.1, -0.05) is 188 Å². The molecule has 3 aliphatic rings. The third-order valence-corrected chi connectivity index (χ3v) is 19.6. The van der Waals surface area contributed by atoms with Gasteiger partial charge >= 0.3 is 6.85 Å². The van der Waals surface area contributed by atoms with Crippen LogP contribution in [0.4, 0.5) is 28.4 Å². The molecule has 16 rings (SSSR count). The van der Waals surface area contributed by atoms with Crippen LogP contribution in [-0.2, 0) is 27.1 Å². The van der Waals surface area contributed by atoms with Gasteiger partial charge in [0, 0.05) is 95.1 Å². The van der Waals surface area contributed by atoms with Gasteiger partial charge in [0.2, 0.25) is 0 Å². The molecule has 0 radical (unpaired) electrons. The summed E-state index contributed by atoms with van der Waals surface area (Å²) in [5.41, 5.74) is 27.6. The summed E-state index contributed by atoms with van der Waals surface area (Å²) in [4.78, 5) is 5.03. The number of aromatic nitrogens is 1. The molecule has 0 saturated carbocycles. The number of hydrogen-bond donors (Lipinski definition) is 0. The molecule has 10 aromatic carbocycles. The molecule has 0 unspecified atom stereocenters. The quantitative estimate of drug-likeness (QED) is 0.165. The molecule has 0 fully saturated rings. The largest absolute Gasteiger partial charge is 0.456 e. The second-order valence-corrected chi connectivity index (χ2v) is 29.4. The lowest BCUT2D eigenvalue weighted by molar-refractivity contribution is 0.590. The van der Waals surface area contributed by atoms with Crippen molar-refractivity contribution >= 4 is 112 Å². The maximum absolute atomic E-state index is 7.48. The van der Waals surface area contributed by atoms with Gasteiger partial charge in [0.05, 0.1) is 11.0 Å². The Balaban J connectivity index is 1.02. The van der Waals surface area contributed by atoms with Gasteiger partial charge in [-0.2, -0.15) is 0 Å². The predicted molar refractivity (Wildman–Crippen MR) is 361 cm³/mol. The molecule has 0 saturated heterocycles. The second-order valence-electron chi connectivity index (χ2n) is 29.4. The Morgan fingerprint density at radius 3 is 1.67 bits per heavy atom. The molecular weight excluding hydrogens is 1030 g/mol. The SMILES string of the molecule is CC(C)(C)c1ccc(N2B3c4cc5c(cc4-n4c6ccc(C(C)(C)C)cc6c6c7c(oc8ccccc87)c(c3c64)-c3cc4c(cc32)oc2cc(N(c3ccc(C(C)(C)C)cc3)c3ccc(C(C)(C)C)cc3)ccc24)-c2ccccc2C5(C)C)cc1. The molecule has 85 heavy (non-hydrogen) atoms. The van der Waals surface area contributed by atoms with Crippen LogP contribution in [-0.4, -0.2) is 11.4 Å². The van der Waals surface area contributed by atoms with Gasteiger partial charge in [0.25, 0.3) is 0 Å². The highest BCUT2D eigenvalue weighted by Crippen LogP contribution is 2.55. The summed E-state index contributed by atoms with van der Waals surface area (Å²) in [6.07, 6.45) is 0. The fourth-order valence-corrected chi connectivity index (χ4v) is 14.9. The van der Waals surface area contributed by atoms with Crippen molar-refractivity contribution in [2.45, 2.75) is 124 Å². The number of furan rings is 2. The fraction of sp³-hybridized carbons (Fsp3) is 0.241. The van der Waals surface area contributed by atoms with Gasteiger partial charge < -0.3 is 23.1 Å². The van der Waals surface area contributed by atoms with E-state index in [2.05, 4.69) is 293 Å². The molecule has 13 aromatic rings. The van der Waals surface area contributed by atoms with Crippen molar-refractivity contribution in [3.05, 3.63) is 215 Å². The van der Waals surface area contributed by atoms with E-state index in [9.17, 15) is 0 Å². The average Bonchev–Trinajstić information content (AvgIpc) is 1.57. The Labute approximate surface area is 499 Å². The summed E-state index contributed by atoms with van der Waals surface area (Å²) in [5.74, 6) is 0. The van der Waals surface area contributed by atoms with Crippen LogP contribution in [0.5, 0.6) is 0 Å². The van der Waals surface area contributed by atoms with Crippen molar-refractivity contribution in [2.24, 2.45) is 0 Å². The molecule has 3 aromatic heterocycles. The third kappa shape index (κ3) is 7.42. The van der Waals surface area contributed by atoms with E-state index in [1.54, 1.807) is 0 Å². The van der Waals surface area contributed by atoms with Crippen LogP contribution in [0.1, 0.15) is 130 Å². The number of benzene rings is 10. The van der Waals surface area contributed by atoms with Crippen molar-refractivity contribution in [3.8, 4) is 27.9 Å². The normalized spacial score (nSPS) is 14.5. The number of nitrogens with zero attached hydrogens (tertiary/aromatic N) is 3. The van der Waals surface area contributed by atoms with Gasteiger partial charge in [-0.25, -0.2) is 0 Å². The number of anilines is 5. The molecule has 6 heteroatoms. The number of rotatable bonds is 4. The van der Waals surface area contributed by atoms with Crippen LogP contribution < -0.4 is 20.6 Å². The highest BCUT2D eigenvalue weighted by Gasteiger charge is 2.48. The van der Waals surface area contributed by atoms with Crippen molar-refractivity contribution in [1.82, 2.24) is 4.57 Å². The first-order valence-corrected chi connectivity index (χ1v) is 30.6. The first-order valence-electron chi connectivity index (χ1n) is 30.6. The zero-order chi connectivity index (χ0) is 58.8. The Hall–Kier alpha value is -8.74. The molecule has 0 amide bonds. The van der Waals surface area contributed by atoms with E-state index >= 15 is 0 Å². The molecular formula is C79H72BN3O2. The van der Waals surface area contributed by atoms with Gasteiger partial charge in [-0.05, 0) is 156 Å². The van der Waals surface area contributed by atoms with Crippen LogP contribution >= 0.6 is 0 Å². The predicted octanol–water partition coefficient (Wildman–Crippen LogP) is 20.8. The lowest BCUT2D eigenvalue weighted by Gasteiger charge is -2.42. The standard InChI is InChI=1S/C79H72BN3O2/c1-75(2,3)45-23-30-49(31-24-45)81(50-32-25-46(26-33-50)76(4,5)6)52-36-37-54-57-41-59-64(44-68(57)84-67(54)40-52)83(51-34-27-47(28-35-51)77(7,8)9)80-62-43-61-56(53-19-15-17-21-60(53)79(61,13)14)42-65(62)82-63-38-29-48(78(10,11)12)39-58(63)69-70-55-20-16-18-22-66(55)85-74(70)71(59)72(80)73(69)82/h15-44H,1-14H3. The third-order valence-electron chi connectivity index (χ3n) is 19.6. The molecule has 0 atom stereocenters. The molecule has 5 nitrogen and oxygen atoms in total. The smallest absolute Gasteiger partial charge is 0.333 e. The Bertz CT molecular complexity index is 4940. The second kappa shape index (κ2) is 17.2. The summed E-state index contributed by atoms with van der Waals surface area (Å²) >= 11 is 0. The molecule has 1 aliphatic carbocycles. The van der Waals surface area contributed by atoms with Crippen molar-refractivity contribution in [3.63, 3.8) is 0 Å². The van der Waals surface area contributed by atoms with Crippen LogP contribution in [0.2, 0.25) is 0 Å². The minimum atomic E-state index is -0.252. The monoisotopic (exact) mass is 1110 g/mol. The van der Waals surface area contributed by atoms with Gasteiger partial charge in [-0.3, -0.25) is 0 Å². The molecule has 0 N–H and O–H groups in total. The number of para-hydroxylation sites is 1. The van der Waals surface area contributed by atoms with Crippen LogP contribution in [0.3, 0.4) is 0 Å². The summed E-state index contributed by atoms with van der Waals surface area (Å²) in [6, 6.07) is 69.4. The zero-order valence-electron chi connectivity index (χ0n) is 51.6. The maximum Gasteiger partial charge on any atom is 0.333 e. The van der Waals surface area contributed by atoms with E-state index in [4.69, 9.17) is 8.83 Å². The van der Waals surface area contributed by atoms with Crippen molar-refractivity contribution in [2.75, 3.05) is 9.71 Å². The lowest BCUT2D eigenvalue weighted by Crippen LogP contribution is -2.60. The van der Waals surface area contributed by atoms with Gasteiger partial charge in [0.1, 0.15) is 22.3 Å². The molecule has 5 heterocycles. The molecule has 2 aliphatic heterocycles. The first kappa shape index (κ1) is 51.9. The van der Waals surface area contributed by atoms with Gasteiger partial charge in [0.15, 0.2) is 0 Å². The minimum Gasteiger partial charge on any atom is -0.456 e. The van der Waals surface area contributed by atoms with E-state index in [1.165, 1.54) is 82.9 Å². The Morgan fingerprint density at radius 2 is 1.01 bits per heavy atom. The van der Waals surface area contributed by atoms with Gasteiger partial charge in [-0.15, -0.1) is 0 Å². The number of hydrogen-bond acceptors (Lipinski definition) is 4. The van der Waals surface area contributed by atoms with E-state index in [-0.39, 0.29) is 33.9 Å². The van der Waals surface area contributed by atoms with E-state index in [0.717, 1.165) is 83.4 Å². The fourth-order valence-electron chi connectivity index (χ4n) is 14.9. The number of fused-ring (bicyclic) bond motifs is 19. The molecule has 418 valence electrons. The maximum atomic E-state index is 7.48. The highest BCUT2D eigenvalue weighted by atomic mass is 16.3. The molecule has 0 bridgehead atoms. The highest BCUT2D eigenvalue weighted by molar-refractivity contribution is 6.94. The summed E-state index contributed by atoms with van der Waals surface area (Å²) in [5, 5.41) is 6.92. The minimum absolute atomic E-state index is 0.0253. The summed E-state index contributed by atoms with van der Waals surface area (Å²) in [6.45, 7) is 32.1. The Kier molecular flexibility index (Phi) is 10.5. The lowest BCUT2D eigenvalue weighted by atomic mass is 9.43. The van der Waals surface area contributed by atoms with E-state index in [0.29, 0.717) is 0 Å². The zero-order valence-corrected chi connectivity index (χ0v) is 51.6. The van der Waals surface area contributed by atoms with Crippen LogP contribution in [0.15, 0.2) is 191 Å². The molecule has 0 spiro atoms. The Morgan fingerprint density at radius 1 is 0.424 bits per heavy atom. The van der Waals surface area contributed by atoms with E-state index in [1.807, 2.05) is 0 Å². The topological polar surface area (TPSA) is 37.7 Å². The van der Waals surface area contributed by atoms with Crippen LogP contribution in [0, 0.1) is 0 Å². The first-order chi connectivity index (χ1) is 40.4.